The van der Waals surface area contributed by atoms with Crippen LogP contribution in [0.3, 0.4) is 0 Å². The average molecular weight is 424 g/mol. The Morgan fingerprint density at radius 3 is 2.21 bits per heavy atom. The molecule has 5 nitrogen and oxygen atoms in total. The Hall–Kier alpha value is -2.90. The largest absolute Gasteiger partial charge is 0.341 e. The Morgan fingerprint density at radius 2 is 1.52 bits per heavy atom. The number of nitrogens with zero attached hydrogens (tertiary/aromatic N) is 1. The molecule has 4 aromatic rings. The Labute approximate surface area is 175 Å². The number of aromatic nitrogens is 1. The Balaban J connectivity index is 1.58. The number of aryl methyl sites for hydroxylation is 1. The van der Waals surface area contributed by atoms with Gasteiger partial charge in [-0.05, 0) is 67.7 Å². The van der Waals surface area contributed by atoms with Gasteiger partial charge in [-0.15, -0.1) is 0 Å². The fourth-order valence-electron chi connectivity index (χ4n) is 3.55. The maximum Gasteiger partial charge on any atom is 0.175 e. The predicted octanol–water partition coefficient (Wildman–Crippen LogP) is 5.03. The molecule has 3 aromatic carbocycles. The molecule has 0 aliphatic rings. The zero-order valence-electron chi connectivity index (χ0n) is 16.1. The minimum absolute atomic E-state index is 0.277. The third-order valence-electron chi connectivity index (χ3n) is 4.89. The third-order valence-corrected chi connectivity index (χ3v) is 6.22. The highest BCUT2D eigenvalue weighted by molar-refractivity contribution is 7.90. The van der Waals surface area contributed by atoms with E-state index >= 15 is 0 Å². The Bertz CT molecular complexity index is 1320. The van der Waals surface area contributed by atoms with Crippen LogP contribution in [-0.2, 0) is 16.4 Å². The molecule has 2 N–H and O–H groups in total. The molecule has 0 aliphatic carbocycles. The van der Waals surface area contributed by atoms with Crippen molar-refractivity contribution in [2.75, 3.05) is 16.9 Å². The number of sulfone groups is 1. The van der Waals surface area contributed by atoms with E-state index in [-0.39, 0.29) is 4.90 Å². The first-order valence-electron chi connectivity index (χ1n) is 9.26. The second-order valence-corrected chi connectivity index (χ2v) is 9.29. The van der Waals surface area contributed by atoms with Crippen molar-refractivity contribution in [3.05, 3.63) is 66.7 Å². The van der Waals surface area contributed by atoms with Crippen LogP contribution in [0.2, 0.25) is 0 Å². The summed E-state index contributed by atoms with van der Waals surface area (Å²) in [6.07, 6.45) is 1.19. The van der Waals surface area contributed by atoms with E-state index in [0.717, 1.165) is 17.9 Å². The SMILES string of the molecule is CCn1c2ccccc2c2cc(NC(=S)Nc3ccc(S(C)(=O)=O)cc3)ccc21. The lowest BCUT2D eigenvalue weighted by molar-refractivity contribution is 0.602. The summed E-state index contributed by atoms with van der Waals surface area (Å²) in [4.78, 5) is 0.277. The average Bonchev–Trinajstić information content (AvgIpc) is 3.01. The van der Waals surface area contributed by atoms with Crippen molar-refractivity contribution in [2.24, 2.45) is 0 Å². The topological polar surface area (TPSA) is 63.1 Å². The van der Waals surface area contributed by atoms with Gasteiger partial charge in [0.25, 0.3) is 0 Å². The summed E-state index contributed by atoms with van der Waals surface area (Å²) in [6, 6.07) is 21.1. The minimum Gasteiger partial charge on any atom is -0.341 e. The van der Waals surface area contributed by atoms with Crippen LogP contribution in [0.15, 0.2) is 71.6 Å². The van der Waals surface area contributed by atoms with Crippen molar-refractivity contribution < 1.29 is 8.42 Å². The molecule has 29 heavy (non-hydrogen) atoms. The zero-order chi connectivity index (χ0) is 20.6. The molecule has 0 spiro atoms. The molecule has 1 heterocycles. The lowest BCUT2D eigenvalue weighted by atomic mass is 10.1. The molecule has 0 saturated heterocycles. The van der Waals surface area contributed by atoms with Gasteiger partial charge in [0, 0.05) is 46.0 Å². The van der Waals surface area contributed by atoms with E-state index in [2.05, 4.69) is 52.5 Å². The zero-order valence-corrected chi connectivity index (χ0v) is 17.8. The molecule has 1 aromatic heterocycles. The first kappa shape index (κ1) is 19.4. The number of hydrogen-bond acceptors (Lipinski definition) is 3. The molecule has 0 saturated carbocycles. The highest BCUT2D eigenvalue weighted by Gasteiger charge is 2.10. The second-order valence-electron chi connectivity index (χ2n) is 6.87. The molecule has 0 aliphatic heterocycles. The molecule has 0 amide bonds. The maximum atomic E-state index is 11.6. The second kappa shape index (κ2) is 7.50. The van der Waals surface area contributed by atoms with E-state index in [1.807, 2.05) is 12.1 Å². The normalized spacial score (nSPS) is 11.7. The summed E-state index contributed by atoms with van der Waals surface area (Å²) < 4.78 is 25.4. The van der Waals surface area contributed by atoms with Crippen LogP contribution < -0.4 is 10.6 Å². The lowest BCUT2D eigenvalue weighted by Gasteiger charge is -2.11. The molecule has 0 unspecified atom stereocenters. The van der Waals surface area contributed by atoms with Crippen molar-refractivity contribution >= 4 is 60.3 Å². The first-order chi connectivity index (χ1) is 13.9. The maximum absolute atomic E-state index is 11.6. The number of benzene rings is 3. The van der Waals surface area contributed by atoms with E-state index in [4.69, 9.17) is 12.2 Å². The summed E-state index contributed by atoms with van der Waals surface area (Å²) in [5, 5.41) is 9.13. The van der Waals surface area contributed by atoms with Gasteiger partial charge in [0.1, 0.15) is 0 Å². The molecule has 0 fully saturated rings. The number of fused-ring (bicyclic) bond motifs is 3. The molecule has 148 valence electrons. The predicted molar refractivity (Wildman–Crippen MR) is 125 cm³/mol. The molecule has 0 atom stereocenters. The van der Waals surface area contributed by atoms with Gasteiger partial charge in [0.05, 0.1) is 4.90 Å². The quantitative estimate of drug-likeness (QED) is 0.451. The highest BCUT2D eigenvalue weighted by Crippen LogP contribution is 2.31. The van der Waals surface area contributed by atoms with Gasteiger partial charge in [-0.2, -0.15) is 0 Å². The van der Waals surface area contributed by atoms with E-state index in [1.165, 1.54) is 28.1 Å². The van der Waals surface area contributed by atoms with E-state index in [9.17, 15) is 8.42 Å². The van der Waals surface area contributed by atoms with Gasteiger partial charge >= 0.3 is 0 Å². The van der Waals surface area contributed by atoms with E-state index in [1.54, 1.807) is 24.3 Å². The van der Waals surface area contributed by atoms with Crippen molar-refractivity contribution in [2.45, 2.75) is 18.4 Å². The van der Waals surface area contributed by atoms with Gasteiger partial charge in [-0.3, -0.25) is 0 Å². The summed E-state index contributed by atoms with van der Waals surface area (Å²) in [7, 11) is -3.21. The van der Waals surface area contributed by atoms with Crippen LogP contribution in [-0.4, -0.2) is 24.4 Å². The standard InChI is InChI=1S/C22H21N3O2S2/c1-3-25-20-7-5-4-6-18(20)19-14-16(10-13-21(19)25)24-22(28)23-15-8-11-17(12-9-15)29(2,26)27/h4-14H,3H2,1-2H3,(H2,23,24,28). The molecule has 0 radical (unpaired) electrons. The number of anilines is 2. The van der Waals surface area contributed by atoms with Crippen molar-refractivity contribution in [3.63, 3.8) is 0 Å². The number of para-hydroxylation sites is 1. The third kappa shape index (κ3) is 3.83. The monoisotopic (exact) mass is 423 g/mol. The van der Waals surface area contributed by atoms with Crippen LogP contribution in [0.4, 0.5) is 11.4 Å². The number of thiocarbonyl (C=S) groups is 1. The summed E-state index contributed by atoms with van der Waals surface area (Å²) in [6.45, 7) is 3.05. The van der Waals surface area contributed by atoms with Crippen LogP contribution >= 0.6 is 12.2 Å². The molecular formula is C22H21N3O2S2. The van der Waals surface area contributed by atoms with Crippen LogP contribution in [0.1, 0.15) is 6.92 Å². The van der Waals surface area contributed by atoms with Gasteiger partial charge in [0.15, 0.2) is 14.9 Å². The molecular weight excluding hydrogens is 402 g/mol. The van der Waals surface area contributed by atoms with E-state index < -0.39 is 9.84 Å². The molecule has 0 bridgehead atoms. The molecule has 7 heteroatoms. The number of hydrogen-bond donors (Lipinski definition) is 2. The first-order valence-corrected chi connectivity index (χ1v) is 11.6. The number of nitrogens with one attached hydrogen (secondary N) is 2. The summed E-state index contributed by atoms with van der Waals surface area (Å²) in [5.74, 6) is 0. The summed E-state index contributed by atoms with van der Waals surface area (Å²) in [5.41, 5.74) is 4.02. The smallest absolute Gasteiger partial charge is 0.175 e. The Kier molecular flexibility index (Phi) is 5.02. The van der Waals surface area contributed by atoms with Crippen molar-refractivity contribution in [1.29, 1.82) is 0 Å². The summed E-state index contributed by atoms with van der Waals surface area (Å²) >= 11 is 5.43. The van der Waals surface area contributed by atoms with Gasteiger partial charge in [-0.25, -0.2) is 8.42 Å². The fraction of sp³-hybridized carbons (Fsp3) is 0.136. The van der Waals surface area contributed by atoms with Crippen LogP contribution in [0.5, 0.6) is 0 Å². The van der Waals surface area contributed by atoms with Gasteiger partial charge in [-0.1, -0.05) is 18.2 Å². The van der Waals surface area contributed by atoms with Crippen molar-refractivity contribution in [3.8, 4) is 0 Å². The number of rotatable bonds is 4. The van der Waals surface area contributed by atoms with E-state index in [0.29, 0.717) is 5.11 Å². The van der Waals surface area contributed by atoms with Crippen molar-refractivity contribution in [1.82, 2.24) is 4.57 Å². The minimum atomic E-state index is -3.21. The Morgan fingerprint density at radius 1 is 0.897 bits per heavy atom. The molecule has 4 rings (SSSR count). The van der Waals surface area contributed by atoms with Gasteiger partial charge in [0.2, 0.25) is 0 Å². The van der Waals surface area contributed by atoms with Crippen LogP contribution in [0.25, 0.3) is 21.8 Å². The highest BCUT2D eigenvalue weighted by atomic mass is 32.2. The van der Waals surface area contributed by atoms with Gasteiger partial charge < -0.3 is 15.2 Å². The fourth-order valence-corrected chi connectivity index (χ4v) is 4.42. The lowest BCUT2D eigenvalue weighted by Crippen LogP contribution is -2.19. The van der Waals surface area contributed by atoms with Crippen LogP contribution in [0, 0.1) is 0 Å².